The first-order valence-corrected chi connectivity index (χ1v) is 5.39. The molecular formula is C12H11F4NO3. The number of ether oxygens (including phenoxy) is 1. The van der Waals surface area contributed by atoms with Gasteiger partial charge in [-0.15, -0.1) is 0 Å². The molecule has 0 saturated heterocycles. The van der Waals surface area contributed by atoms with Crippen LogP contribution in [0.25, 0.3) is 0 Å². The van der Waals surface area contributed by atoms with E-state index in [1.54, 1.807) is 0 Å². The topological polar surface area (TPSA) is 55.4 Å². The van der Waals surface area contributed by atoms with Gasteiger partial charge in [0.05, 0.1) is 12.7 Å². The number of aryl methyl sites for hydroxylation is 1. The number of rotatable bonds is 3. The molecule has 8 heteroatoms. The Hall–Kier alpha value is -2.12. The summed E-state index contributed by atoms with van der Waals surface area (Å²) in [7, 11) is 1.07. The SMILES string of the molecule is COC(=O)c1c(C)cc(NC(=O)CC(F)(F)F)cc1F. The number of hydrogen-bond acceptors (Lipinski definition) is 3. The first kappa shape index (κ1) is 15.9. The standard InChI is InChI=1S/C12H11F4NO3/c1-6-3-7(17-9(18)5-12(14,15)16)4-8(13)10(6)11(19)20-2/h3-4H,5H2,1-2H3,(H,17,18). The molecule has 1 rings (SSSR count). The maximum Gasteiger partial charge on any atom is 0.397 e. The third kappa shape index (κ3) is 4.22. The maximum atomic E-state index is 13.7. The molecule has 0 heterocycles. The molecular weight excluding hydrogens is 282 g/mol. The summed E-state index contributed by atoms with van der Waals surface area (Å²) in [6, 6.07) is 1.94. The second kappa shape index (κ2) is 5.89. The highest BCUT2D eigenvalue weighted by Crippen LogP contribution is 2.23. The molecule has 1 amide bonds. The van der Waals surface area contributed by atoms with Crippen LogP contribution >= 0.6 is 0 Å². The van der Waals surface area contributed by atoms with E-state index in [9.17, 15) is 27.2 Å². The van der Waals surface area contributed by atoms with Gasteiger partial charge in [0.25, 0.3) is 0 Å². The Kier molecular flexibility index (Phi) is 4.69. The lowest BCUT2D eigenvalue weighted by Gasteiger charge is -2.11. The van der Waals surface area contributed by atoms with Crippen LogP contribution in [0.3, 0.4) is 0 Å². The molecule has 0 aliphatic rings. The summed E-state index contributed by atoms with van der Waals surface area (Å²) in [5.74, 6) is -3.21. The monoisotopic (exact) mass is 293 g/mol. The number of alkyl halides is 3. The Labute approximate surface area is 111 Å². The molecule has 0 fully saturated rings. The van der Waals surface area contributed by atoms with Gasteiger partial charge in [0.1, 0.15) is 12.2 Å². The summed E-state index contributed by atoms with van der Waals surface area (Å²) in [5, 5.41) is 1.91. The van der Waals surface area contributed by atoms with Crippen molar-refractivity contribution in [2.45, 2.75) is 19.5 Å². The zero-order chi connectivity index (χ0) is 15.5. The van der Waals surface area contributed by atoms with E-state index in [0.717, 1.165) is 13.2 Å². The third-order valence-corrected chi connectivity index (χ3v) is 2.32. The van der Waals surface area contributed by atoms with E-state index >= 15 is 0 Å². The lowest BCUT2D eigenvalue weighted by atomic mass is 10.1. The number of benzene rings is 1. The van der Waals surface area contributed by atoms with E-state index in [0.29, 0.717) is 0 Å². The molecule has 0 bridgehead atoms. The average molecular weight is 293 g/mol. The van der Waals surface area contributed by atoms with Crippen LogP contribution in [0.1, 0.15) is 22.3 Å². The number of carbonyl (C=O) groups is 2. The quantitative estimate of drug-likeness (QED) is 0.688. The van der Waals surface area contributed by atoms with Crippen LogP contribution in [-0.4, -0.2) is 25.2 Å². The second-order valence-corrected chi connectivity index (χ2v) is 3.98. The Balaban J connectivity index is 2.95. The van der Waals surface area contributed by atoms with Crippen LogP contribution < -0.4 is 5.32 Å². The molecule has 0 spiro atoms. The first-order chi connectivity index (χ1) is 9.14. The molecule has 0 radical (unpaired) electrons. The third-order valence-electron chi connectivity index (χ3n) is 2.32. The van der Waals surface area contributed by atoms with Gasteiger partial charge in [0, 0.05) is 5.69 Å². The molecule has 1 aromatic rings. The summed E-state index contributed by atoms with van der Waals surface area (Å²) < 4.78 is 54.0. The minimum Gasteiger partial charge on any atom is -0.465 e. The van der Waals surface area contributed by atoms with Crippen molar-refractivity contribution in [1.82, 2.24) is 0 Å². The molecule has 0 atom stereocenters. The van der Waals surface area contributed by atoms with E-state index in [-0.39, 0.29) is 16.8 Å². The van der Waals surface area contributed by atoms with Crippen LogP contribution in [0.15, 0.2) is 12.1 Å². The van der Waals surface area contributed by atoms with Crippen molar-refractivity contribution in [2.75, 3.05) is 12.4 Å². The molecule has 1 aromatic carbocycles. The minimum absolute atomic E-state index is 0.138. The molecule has 110 valence electrons. The second-order valence-electron chi connectivity index (χ2n) is 3.98. The molecule has 0 unspecified atom stereocenters. The highest BCUT2D eigenvalue weighted by atomic mass is 19.4. The lowest BCUT2D eigenvalue weighted by molar-refractivity contribution is -0.150. The van der Waals surface area contributed by atoms with Crippen molar-refractivity contribution in [3.8, 4) is 0 Å². The van der Waals surface area contributed by atoms with Crippen LogP contribution in [0.5, 0.6) is 0 Å². The van der Waals surface area contributed by atoms with Gasteiger partial charge >= 0.3 is 12.1 Å². The number of nitrogens with one attached hydrogen (secondary N) is 1. The molecule has 0 aliphatic heterocycles. The molecule has 0 aromatic heterocycles. The zero-order valence-electron chi connectivity index (χ0n) is 10.6. The summed E-state index contributed by atoms with van der Waals surface area (Å²) in [5.41, 5.74) is -0.359. The number of methoxy groups -OCH3 is 1. The van der Waals surface area contributed by atoms with Crippen molar-refractivity contribution < 1.29 is 31.9 Å². The fraction of sp³-hybridized carbons (Fsp3) is 0.333. The van der Waals surface area contributed by atoms with Gasteiger partial charge in [0.2, 0.25) is 5.91 Å². The molecule has 0 saturated carbocycles. The van der Waals surface area contributed by atoms with Crippen molar-refractivity contribution >= 4 is 17.6 Å². The van der Waals surface area contributed by atoms with Gasteiger partial charge in [-0.25, -0.2) is 9.18 Å². The summed E-state index contributed by atoms with van der Waals surface area (Å²) in [6.07, 6.45) is -6.32. The zero-order valence-corrected chi connectivity index (χ0v) is 10.6. The average Bonchev–Trinajstić information content (AvgIpc) is 2.24. The van der Waals surface area contributed by atoms with Gasteiger partial charge in [-0.3, -0.25) is 4.79 Å². The van der Waals surface area contributed by atoms with Crippen LogP contribution in [-0.2, 0) is 9.53 Å². The summed E-state index contributed by atoms with van der Waals surface area (Å²) in [6.45, 7) is 1.37. The van der Waals surface area contributed by atoms with Gasteiger partial charge in [-0.05, 0) is 24.6 Å². The summed E-state index contributed by atoms with van der Waals surface area (Å²) >= 11 is 0. The Bertz CT molecular complexity index is 517. The lowest BCUT2D eigenvalue weighted by Crippen LogP contribution is -2.21. The van der Waals surface area contributed by atoms with E-state index in [1.165, 1.54) is 13.0 Å². The predicted octanol–water partition coefficient (Wildman–Crippen LogP) is 2.81. The fourth-order valence-corrected chi connectivity index (χ4v) is 1.56. The Morgan fingerprint density at radius 3 is 2.35 bits per heavy atom. The number of hydrogen-bond donors (Lipinski definition) is 1. The number of amides is 1. The van der Waals surface area contributed by atoms with Gasteiger partial charge < -0.3 is 10.1 Å². The largest absolute Gasteiger partial charge is 0.465 e. The van der Waals surface area contributed by atoms with Crippen molar-refractivity contribution in [3.63, 3.8) is 0 Å². The van der Waals surface area contributed by atoms with E-state index in [4.69, 9.17) is 0 Å². The van der Waals surface area contributed by atoms with E-state index in [2.05, 4.69) is 4.74 Å². The Morgan fingerprint density at radius 2 is 1.90 bits per heavy atom. The predicted molar refractivity (Wildman–Crippen MR) is 61.8 cm³/mol. The number of esters is 1. The van der Waals surface area contributed by atoms with Gasteiger partial charge in [0.15, 0.2) is 0 Å². The fourth-order valence-electron chi connectivity index (χ4n) is 1.56. The Morgan fingerprint density at radius 1 is 1.30 bits per heavy atom. The number of anilines is 1. The highest BCUT2D eigenvalue weighted by Gasteiger charge is 2.31. The molecule has 20 heavy (non-hydrogen) atoms. The van der Waals surface area contributed by atoms with Crippen molar-refractivity contribution in [3.05, 3.63) is 29.1 Å². The van der Waals surface area contributed by atoms with E-state index in [1.807, 2.05) is 5.32 Å². The first-order valence-electron chi connectivity index (χ1n) is 5.39. The van der Waals surface area contributed by atoms with Crippen LogP contribution in [0.2, 0.25) is 0 Å². The smallest absolute Gasteiger partial charge is 0.397 e. The van der Waals surface area contributed by atoms with Gasteiger partial charge in [-0.1, -0.05) is 0 Å². The van der Waals surface area contributed by atoms with Crippen molar-refractivity contribution in [2.24, 2.45) is 0 Å². The van der Waals surface area contributed by atoms with Crippen LogP contribution in [0.4, 0.5) is 23.2 Å². The van der Waals surface area contributed by atoms with Gasteiger partial charge in [-0.2, -0.15) is 13.2 Å². The number of halogens is 4. The maximum absolute atomic E-state index is 13.7. The highest BCUT2D eigenvalue weighted by molar-refractivity contribution is 5.94. The van der Waals surface area contributed by atoms with Crippen molar-refractivity contribution in [1.29, 1.82) is 0 Å². The van der Waals surface area contributed by atoms with E-state index < -0.39 is 30.3 Å². The normalized spacial score (nSPS) is 11.1. The number of carbonyl (C=O) groups excluding carboxylic acids is 2. The molecule has 0 aliphatic carbocycles. The summed E-state index contributed by atoms with van der Waals surface area (Å²) in [4.78, 5) is 22.4. The van der Waals surface area contributed by atoms with Crippen LogP contribution in [0, 0.1) is 12.7 Å². The molecule has 1 N–H and O–H groups in total. The minimum atomic E-state index is -4.65. The molecule has 4 nitrogen and oxygen atoms in total.